The minimum atomic E-state index is -0.782. The Kier molecular flexibility index (Phi) is 9.95. The first-order valence-corrected chi connectivity index (χ1v) is 14.3. The highest BCUT2D eigenvalue weighted by Gasteiger charge is 2.20. The van der Waals surface area contributed by atoms with Gasteiger partial charge in [0, 0.05) is 54.6 Å². The van der Waals surface area contributed by atoms with Gasteiger partial charge in [-0.2, -0.15) is 5.10 Å². The summed E-state index contributed by atoms with van der Waals surface area (Å²) in [5.74, 6) is 0.688. The average Bonchev–Trinajstić information content (AvgIpc) is 3.38. The van der Waals surface area contributed by atoms with E-state index in [-0.39, 0.29) is 18.7 Å². The standard InChI is InChI=1S/C30H35F2N7O4/c1-42-26-15-24-25(16-27(26)43-9-3-6-39(7-8-40)17-19-4-2-5-19)33-18-34-30(24)36-28-13-23(37-38-28)14-29(41)35-22-11-20(31)10-21(32)12-22/h10-13,15-16,18-19,40H,2-9,14,17H2,1H3,(H,35,41)(H2,33,34,36,37,38). The van der Waals surface area contributed by atoms with Crippen molar-refractivity contribution >= 4 is 34.1 Å². The Hall–Kier alpha value is -4.36. The second-order valence-electron chi connectivity index (χ2n) is 10.6. The van der Waals surface area contributed by atoms with Crippen LogP contribution in [0.25, 0.3) is 10.9 Å². The zero-order chi connectivity index (χ0) is 30.2. The molecule has 2 heterocycles. The van der Waals surface area contributed by atoms with Crippen LogP contribution in [-0.2, 0) is 11.2 Å². The maximum Gasteiger partial charge on any atom is 0.230 e. The second kappa shape index (κ2) is 14.2. The number of nitrogens with one attached hydrogen (secondary N) is 3. The van der Waals surface area contributed by atoms with Crippen molar-refractivity contribution in [2.75, 3.05) is 50.6 Å². The largest absolute Gasteiger partial charge is 0.493 e. The maximum atomic E-state index is 13.4. The lowest BCUT2D eigenvalue weighted by Gasteiger charge is -2.32. The maximum absolute atomic E-state index is 13.4. The van der Waals surface area contributed by atoms with Crippen molar-refractivity contribution in [3.63, 3.8) is 0 Å². The van der Waals surface area contributed by atoms with Gasteiger partial charge in [-0.3, -0.25) is 9.89 Å². The van der Waals surface area contributed by atoms with Crippen LogP contribution >= 0.6 is 0 Å². The third-order valence-corrected chi connectivity index (χ3v) is 7.33. The number of fused-ring (bicyclic) bond motifs is 1. The molecule has 0 unspecified atom stereocenters. The van der Waals surface area contributed by atoms with Crippen LogP contribution in [0.3, 0.4) is 0 Å². The van der Waals surface area contributed by atoms with Gasteiger partial charge in [-0.25, -0.2) is 18.7 Å². The van der Waals surface area contributed by atoms with Crippen molar-refractivity contribution in [1.82, 2.24) is 25.1 Å². The van der Waals surface area contributed by atoms with Gasteiger partial charge in [-0.05, 0) is 43.4 Å². The molecule has 4 aromatic rings. The van der Waals surface area contributed by atoms with Gasteiger partial charge in [0.25, 0.3) is 0 Å². The Bertz CT molecular complexity index is 1530. The van der Waals surface area contributed by atoms with E-state index in [0.29, 0.717) is 52.9 Å². The first-order chi connectivity index (χ1) is 20.9. The number of aromatic amines is 1. The van der Waals surface area contributed by atoms with Crippen molar-refractivity contribution in [2.24, 2.45) is 5.92 Å². The van der Waals surface area contributed by atoms with Crippen LogP contribution in [0.5, 0.6) is 11.5 Å². The number of aromatic nitrogens is 4. The number of rotatable bonds is 15. The molecule has 1 saturated carbocycles. The van der Waals surface area contributed by atoms with E-state index in [1.165, 1.54) is 25.6 Å². The summed E-state index contributed by atoms with van der Waals surface area (Å²) < 4.78 is 38.5. The Labute approximate surface area is 247 Å². The van der Waals surface area contributed by atoms with Crippen molar-refractivity contribution < 1.29 is 28.2 Å². The van der Waals surface area contributed by atoms with Crippen LogP contribution in [0.4, 0.5) is 26.1 Å². The van der Waals surface area contributed by atoms with E-state index in [1.807, 2.05) is 0 Å². The molecule has 4 N–H and O–H groups in total. The molecule has 0 spiro atoms. The summed E-state index contributed by atoms with van der Waals surface area (Å²) in [6.07, 6.45) is 5.98. The third kappa shape index (κ3) is 8.14. The molecule has 43 heavy (non-hydrogen) atoms. The normalized spacial score (nSPS) is 13.2. The van der Waals surface area contributed by atoms with E-state index in [4.69, 9.17) is 9.47 Å². The molecule has 1 aliphatic rings. The van der Waals surface area contributed by atoms with Gasteiger partial charge in [0.1, 0.15) is 23.8 Å². The number of nitrogens with zero attached hydrogens (tertiary/aromatic N) is 4. The highest BCUT2D eigenvalue weighted by molar-refractivity contribution is 5.93. The smallest absolute Gasteiger partial charge is 0.230 e. The zero-order valence-electron chi connectivity index (χ0n) is 23.9. The Morgan fingerprint density at radius 1 is 1.09 bits per heavy atom. The Morgan fingerprint density at radius 3 is 2.63 bits per heavy atom. The minimum absolute atomic E-state index is 0.0257. The van der Waals surface area contributed by atoms with E-state index in [9.17, 15) is 18.7 Å². The summed E-state index contributed by atoms with van der Waals surface area (Å²) in [4.78, 5) is 23.4. The van der Waals surface area contributed by atoms with Crippen LogP contribution in [0, 0.1) is 17.6 Å². The fourth-order valence-electron chi connectivity index (χ4n) is 5.02. The fourth-order valence-corrected chi connectivity index (χ4v) is 5.02. The highest BCUT2D eigenvalue weighted by Crippen LogP contribution is 2.35. The van der Waals surface area contributed by atoms with E-state index >= 15 is 0 Å². The van der Waals surface area contributed by atoms with Crippen LogP contribution in [0.1, 0.15) is 31.4 Å². The molecular weight excluding hydrogens is 560 g/mol. The van der Waals surface area contributed by atoms with Crippen LogP contribution in [-0.4, -0.2) is 76.0 Å². The molecule has 1 aliphatic carbocycles. The number of anilines is 3. The molecule has 1 fully saturated rings. The monoisotopic (exact) mass is 595 g/mol. The number of carbonyl (C=O) groups is 1. The quantitative estimate of drug-likeness (QED) is 0.147. The Morgan fingerprint density at radius 2 is 1.91 bits per heavy atom. The number of aliphatic hydroxyl groups is 1. The molecule has 2 aromatic carbocycles. The van der Waals surface area contributed by atoms with Gasteiger partial charge in [0.2, 0.25) is 5.91 Å². The van der Waals surface area contributed by atoms with E-state index in [0.717, 1.165) is 43.6 Å². The second-order valence-corrected chi connectivity index (χ2v) is 10.6. The highest BCUT2D eigenvalue weighted by atomic mass is 19.1. The molecule has 2 aromatic heterocycles. The summed E-state index contributed by atoms with van der Waals surface area (Å²) >= 11 is 0. The van der Waals surface area contributed by atoms with E-state index in [2.05, 4.69) is 35.7 Å². The molecule has 0 bridgehead atoms. The van der Waals surface area contributed by atoms with Crippen molar-refractivity contribution in [2.45, 2.75) is 32.1 Å². The number of halogens is 2. The number of hydrogen-bond donors (Lipinski definition) is 4. The molecule has 0 aliphatic heterocycles. The average molecular weight is 596 g/mol. The molecule has 0 radical (unpaired) electrons. The topological polar surface area (TPSA) is 138 Å². The SMILES string of the molecule is COc1cc2c(Nc3cc(CC(=O)Nc4cc(F)cc(F)c4)[nH]n3)ncnc2cc1OCCCN(CCO)CC1CCC1. The minimum Gasteiger partial charge on any atom is -0.493 e. The number of amides is 1. The summed E-state index contributed by atoms with van der Waals surface area (Å²) in [5, 5.41) is 22.7. The fraction of sp³-hybridized carbons (Fsp3) is 0.400. The molecule has 228 valence electrons. The van der Waals surface area contributed by atoms with Gasteiger partial charge in [-0.1, -0.05) is 6.42 Å². The number of H-pyrrole nitrogens is 1. The lowest BCUT2D eigenvalue weighted by molar-refractivity contribution is -0.115. The van der Waals surface area contributed by atoms with Gasteiger partial charge in [0.05, 0.1) is 32.3 Å². The van der Waals surface area contributed by atoms with Crippen LogP contribution < -0.4 is 20.1 Å². The molecule has 0 saturated heterocycles. The first kappa shape index (κ1) is 30.1. The molecule has 13 heteroatoms. The van der Waals surface area contributed by atoms with Gasteiger partial charge >= 0.3 is 0 Å². The third-order valence-electron chi connectivity index (χ3n) is 7.33. The van der Waals surface area contributed by atoms with Crippen molar-refractivity contribution in [3.8, 4) is 11.5 Å². The van der Waals surface area contributed by atoms with Crippen LogP contribution in [0.2, 0.25) is 0 Å². The number of hydrogen-bond acceptors (Lipinski definition) is 9. The summed E-state index contributed by atoms with van der Waals surface area (Å²) in [5.41, 5.74) is 1.14. The van der Waals surface area contributed by atoms with Gasteiger partial charge in [-0.15, -0.1) is 0 Å². The molecule has 11 nitrogen and oxygen atoms in total. The number of benzene rings is 2. The number of carbonyl (C=O) groups excluding carboxylic acids is 1. The molecule has 0 atom stereocenters. The first-order valence-electron chi connectivity index (χ1n) is 14.3. The summed E-state index contributed by atoms with van der Waals surface area (Å²) in [6, 6.07) is 8.04. The number of ether oxygens (including phenoxy) is 2. The van der Waals surface area contributed by atoms with Crippen molar-refractivity contribution in [3.05, 3.63) is 60.1 Å². The molecule has 1 amide bonds. The van der Waals surface area contributed by atoms with Gasteiger partial charge < -0.3 is 30.1 Å². The van der Waals surface area contributed by atoms with Gasteiger partial charge in [0.15, 0.2) is 17.3 Å². The lowest BCUT2D eigenvalue weighted by Crippen LogP contribution is -2.35. The predicted octanol–water partition coefficient (Wildman–Crippen LogP) is 4.43. The summed E-state index contributed by atoms with van der Waals surface area (Å²) in [7, 11) is 1.57. The van der Waals surface area contributed by atoms with E-state index < -0.39 is 17.5 Å². The molecule has 5 rings (SSSR count). The predicted molar refractivity (Wildman–Crippen MR) is 158 cm³/mol. The number of methoxy groups -OCH3 is 1. The Balaban J connectivity index is 1.20. The summed E-state index contributed by atoms with van der Waals surface area (Å²) in [6.45, 7) is 3.18. The van der Waals surface area contributed by atoms with Crippen LogP contribution in [0.15, 0.2) is 42.7 Å². The zero-order valence-corrected chi connectivity index (χ0v) is 23.9. The number of aliphatic hydroxyl groups excluding tert-OH is 1. The lowest BCUT2D eigenvalue weighted by atomic mass is 9.85. The molecular formula is C30H35F2N7O4. The van der Waals surface area contributed by atoms with E-state index in [1.54, 1.807) is 25.3 Å². The van der Waals surface area contributed by atoms with Crippen molar-refractivity contribution in [1.29, 1.82) is 0 Å².